The van der Waals surface area contributed by atoms with Crippen LogP contribution in [0.4, 0.5) is 5.69 Å². The van der Waals surface area contributed by atoms with Crippen LogP contribution in [-0.4, -0.2) is 8.42 Å². The monoisotopic (exact) mass is 341 g/mol. The van der Waals surface area contributed by atoms with Gasteiger partial charge in [0.05, 0.1) is 10.7 Å². The van der Waals surface area contributed by atoms with Crippen molar-refractivity contribution in [3.63, 3.8) is 0 Å². The highest BCUT2D eigenvalue weighted by Gasteiger charge is 2.19. The van der Waals surface area contributed by atoms with Gasteiger partial charge in [0.15, 0.2) is 0 Å². The average molecular weight is 343 g/mol. The SMILES string of the molecule is O=S(=O)(Nc1cccc(Cl)c1)c1cc(Cl)c(Cl)s1. The number of halogens is 3. The average Bonchev–Trinajstić information content (AvgIpc) is 2.59. The van der Waals surface area contributed by atoms with Gasteiger partial charge in [-0.25, -0.2) is 8.42 Å². The zero-order valence-corrected chi connectivity index (χ0v) is 12.6. The number of hydrogen-bond acceptors (Lipinski definition) is 3. The molecule has 96 valence electrons. The fourth-order valence-corrected chi connectivity index (χ4v) is 4.34. The minimum atomic E-state index is -3.69. The number of benzene rings is 1. The summed E-state index contributed by atoms with van der Waals surface area (Å²) < 4.78 is 26.7. The molecule has 0 unspecified atom stereocenters. The van der Waals surface area contributed by atoms with E-state index in [1.54, 1.807) is 18.2 Å². The van der Waals surface area contributed by atoms with Gasteiger partial charge < -0.3 is 0 Å². The van der Waals surface area contributed by atoms with Crippen LogP contribution < -0.4 is 4.72 Å². The molecule has 0 saturated heterocycles. The highest BCUT2D eigenvalue weighted by Crippen LogP contribution is 2.35. The van der Waals surface area contributed by atoms with Crippen LogP contribution in [0.5, 0.6) is 0 Å². The van der Waals surface area contributed by atoms with Crippen LogP contribution in [0.1, 0.15) is 0 Å². The van der Waals surface area contributed by atoms with E-state index >= 15 is 0 Å². The molecule has 0 atom stereocenters. The van der Waals surface area contributed by atoms with Gasteiger partial charge in [-0.2, -0.15) is 0 Å². The zero-order chi connectivity index (χ0) is 13.3. The van der Waals surface area contributed by atoms with Crippen molar-refractivity contribution < 1.29 is 8.42 Å². The molecule has 3 nitrogen and oxygen atoms in total. The fraction of sp³-hybridized carbons (Fsp3) is 0. The van der Waals surface area contributed by atoms with Crippen molar-refractivity contribution in [2.24, 2.45) is 0 Å². The van der Waals surface area contributed by atoms with Crippen molar-refractivity contribution in [2.45, 2.75) is 4.21 Å². The summed E-state index contributed by atoms with van der Waals surface area (Å²) in [4.78, 5) is 0. The summed E-state index contributed by atoms with van der Waals surface area (Å²) in [6.07, 6.45) is 0. The van der Waals surface area contributed by atoms with Crippen LogP contribution in [-0.2, 0) is 10.0 Å². The van der Waals surface area contributed by atoms with Crippen molar-refractivity contribution in [2.75, 3.05) is 4.72 Å². The normalized spacial score (nSPS) is 11.5. The molecule has 1 heterocycles. The van der Waals surface area contributed by atoms with Crippen molar-refractivity contribution >= 4 is 61.9 Å². The number of nitrogens with one attached hydrogen (secondary N) is 1. The van der Waals surface area contributed by atoms with Gasteiger partial charge in [0, 0.05) is 5.02 Å². The Balaban J connectivity index is 2.33. The molecule has 18 heavy (non-hydrogen) atoms. The van der Waals surface area contributed by atoms with Gasteiger partial charge >= 0.3 is 0 Å². The second kappa shape index (κ2) is 5.27. The Morgan fingerprint density at radius 3 is 2.39 bits per heavy atom. The predicted octanol–water partition coefficient (Wildman–Crippen LogP) is 4.51. The first-order valence-electron chi connectivity index (χ1n) is 4.62. The predicted molar refractivity (Wildman–Crippen MR) is 76.6 cm³/mol. The summed E-state index contributed by atoms with van der Waals surface area (Å²) in [7, 11) is -3.69. The highest BCUT2D eigenvalue weighted by atomic mass is 35.5. The Morgan fingerprint density at radius 1 is 1.11 bits per heavy atom. The summed E-state index contributed by atoms with van der Waals surface area (Å²) >= 11 is 18.1. The number of hydrogen-bond donors (Lipinski definition) is 1. The molecule has 0 amide bonds. The maximum atomic E-state index is 12.0. The van der Waals surface area contributed by atoms with E-state index in [4.69, 9.17) is 34.8 Å². The van der Waals surface area contributed by atoms with Crippen molar-refractivity contribution in [3.05, 3.63) is 44.7 Å². The zero-order valence-electron chi connectivity index (χ0n) is 8.65. The second-order valence-electron chi connectivity index (χ2n) is 3.30. The molecule has 0 aliphatic rings. The molecular formula is C10H6Cl3NO2S2. The molecule has 8 heteroatoms. The number of rotatable bonds is 3. The molecule has 0 saturated carbocycles. The number of anilines is 1. The van der Waals surface area contributed by atoms with E-state index in [1.807, 2.05) is 0 Å². The Kier molecular flexibility index (Phi) is 4.08. The second-order valence-corrected chi connectivity index (χ2v) is 7.71. The summed E-state index contributed by atoms with van der Waals surface area (Å²) in [5.74, 6) is 0. The van der Waals surface area contributed by atoms with E-state index in [0.717, 1.165) is 11.3 Å². The first-order chi connectivity index (χ1) is 8.38. The maximum absolute atomic E-state index is 12.0. The smallest absolute Gasteiger partial charge is 0.271 e. The maximum Gasteiger partial charge on any atom is 0.271 e. The minimum absolute atomic E-state index is 0.0532. The van der Waals surface area contributed by atoms with E-state index in [0.29, 0.717) is 10.7 Å². The third-order valence-corrected chi connectivity index (χ3v) is 5.92. The molecule has 1 aromatic heterocycles. The molecule has 0 fully saturated rings. The largest absolute Gasteiger partial charge is 0.279 e. The van der Waals surface area contributed by atoms with Gasteiger partial charge in [-0.05, 0) is 24.3 Å². The van der Waals surface area contributed by atoms with Gasteiger partial charge in [-0.15, -0.1) is 11.3 Å². The van der Waals surface area contributed by atoms with Gasteiger partial charge in [0.1, 0.15) is 8.55 Å². The quantitative estimate of drug-likeness (QED) is 0.892. The Bertz CT molecular complexity index is 663. The molecule has 0 bridgehead atoms. The lowest BCUT2D eigenvalue weighted by molar-refractivity contribution is 0.603. The third-order valence-electron chi connectivity index (χ3n) is 1.96. The van der Waals surface area contributed by atoms with Gasteiger partial charge in [0.2, 0.25) is 0 Å². The topological polar surface area (TPSA) is 46.2 Å². The minimum Gasteiger partial charge on any atom is -0.279 e. The third kappa shape index (κ3) is 3.10. The molecular weight excluding hydrogens is 337 g/mol. The standard InChI is InChI=1S/C10H6Cl3NO2S2/c11-6-2-1-3-7(4-6)14-18(15,16)9-5-8(12)10(13)17-9/h1-5,14H. The van der Waals surface area contributed by atoms with Gasteiger partial charge in [-0.1, -0.05) is 40.9 Å². The molecule has 0 spiro atoms. The van der Waals surface area contributed by atoms with Crippen LogP contribution in [0.3, 0.4) is 0 Å². The highest BCUT2D eigenvalue weighted by molar-refractivity contribution is 7.94. The summed E-state index contributed by atoms with van der Waals surface area (Å²) in [6.45, 7) is 0. The molecule has 2 rings (SSSR count). The van der Waals surface area contributed by atoms with E-state index in [2.05, 4.69) is 4.72 Å². The Labute approximate surface area is 123 Å². The first-order valence-corrected chi connectivity index (χ1v) is 8.05. The van der Waals surface area contributed by atoms with E-state index in [-0.39, 0.29) is 13.6 Å². The molecule has 0 radical (unpaired) electrons. The number of thiophene rings is 1. The van der Waals surface area contributed by atoms with E-state index in [9.17, 15) is 8.42 Å². The molecule has 1 N–H and O–H groups in total. The van der Waals surface area contributed by atoms with Crippen LogP contribution in [0.15, 0.2) is 34.5 Å². The fourth-order valence-electron chi connectivity index (χ4n) is 1.22. The van der Waals surface area contributed by atoms with E-state index < -0.39 is 10.0 Å². The summed E-state index contributed by atoms with van der Waals surface area (Å²) in [5, 5.41) is 0.658. The van der Waals surface area contributed by atoms with Crippen molar-refractivity contribution in [1.82, 2.24) is 0 Å². The van der Waals surface area contributed by atoms with Crippen LogP contribution in [0.25, 0.3) is 0 Å². The van der Waals surface area contributed by atoms with Gasteiger partial charge in [-0.3, -0.25) is 4.72 Å². The van der Waals surface area contributed by atoms with Gasteiger partial charge in [0.25, 0.3) is 10.0 Å². The lowest BCUT2D eigenvalue weighted by Gasteiger charge is -2.05. The van der Waals surface area contributed by atoms with Crippen LogP contribution in [0, 0.1) is 0 Å². The van der Waals surface area contributed by atoms with Crippen LogP contribution >= 0.6 is 46.1 Å². The van der Waals surface area contributed by atoms with Crippen molar-refractivity contribution in [3.8, 4) is 0 Å². The molecule has 1 aromatic carbocycles. The summed E-state index contributed by atoms with van der Waals surface area (Å²) in [6, 6.07) is 7.71. The van der Waals surface area contributed by atoms with E-state index in [1.165, 1.54) is 12.1 Å². The molecule has 2 aromatic rings. The lowest BCUT2D eigenvalue weighted by Crippen LogP contribution is -2.11. The Hall–Kier alpha value is -0.460. The lowest BCUT2D eigenvalue weighted by atomic mass is 10.3. The Morgan fingerprint density at radius 2 is 1.83 bits per heavy atom. The molecule has 0 aliphatic carbocycles. The summed E-state index contributed by atoms with van der Waals surface area (Å²) in [5.41, 5.74) is 0.378. The number of sulfonamides is 1. The van der Waals surface area contributed by atoms with Crippen LogP contribution in [0.2, 0.25) is 14.4 Å². The molecule has 0 aliphatic heterocycles. The first kappa shape index (κ1) is 14.0. The van der Waals surface area contributed by atoms with Crippen molar-refractivity contribution in [1.29, 1.82) is 0 Å².